The summed E-state index contributed by atoms with van der Waals surface area (Å²) in [6, 6.07) is 1.37. The van der Waals surface area contributed by atoms with Crippen LogP contribution in [0.3, 0.4) is 0 Å². The predicted octanol–water partition coefficient (Wildman–Crippen LogP) is 0.990. The molecule has 2 rings (SSSR count). The van der Waals surface area contributed by atoms with E-state index in [0.29, 0.717) is 5.69 Å². The molecular weight excluding hydrogens is 234 g/mol. The van der Waals surface area contributed by atoms with Crippen molar-refractivity contribution in [3.8, 4) is 0 Å². The second-order valence-electron chi connectivity index (χ2n) is 4.71. The first-order valence-corrected chi connectivity index (χ1v) is 5.76. The molecule has 96 valence electrons. The SMILES string of the molecule is NC1(CC(=O)Nc2cncc(C(=O)O)c2)CCC1. The highest BCUT2D eigenvalue weighted by Gasteiger charge is 2.34. The van der Waals surface area contributed by atoms with Crippen LogP contribution in [-0.4, -0.2) is 27.5 Å². The minimum atomic E-state index is -1.08. The Bertz CT molecular complexity index is 483. The molecule has 0 bridgehead atoms. The Balaban J connectivity index is 1.98. The van der Waals surface area contributed by atoms with Gasteiger partial charge in [-0.3, -0.25) is 9.78 Å². The fourth-order valence-electron chi connectivity index (χ4n) is 1.96. The number of carbonyl (C=O) groups is 2. The number of carboxylic acid groups (broad SMARTS) is 1. The van der Waals surface area contributed by atoms with E-state index < -0.39 is 5.97 Å². The topological polar surface area (TPSA) is 105 Å². The number of anilines is 1. The van der Waals surface area contributed by atoms with Gasteiger partial charge >= 0.3 is 5.97 Å². The van der Waals surface area contributed by atoms with Crippen molar-refractivity contribution in [3.05, 3.63) is 24.0 Å². The van der Waals surface area contributed by atoms with Crippen molar-refractivity contribution >= 4 is 17.6 Å². The second kappa shape index (κ2) is 4.73. The fourth-order valence-corrected chi connectivity index (χ4v) is 1.96. The van der Waals surface area contributed by atoms with Crippen LogP contribution in [0, 0.1) is 0 Å². The maximum Gasteiger partial charge on any atom is 0.337 e. The number of nitrogens with zero attached hydrogens (tertiary/aromatic N) is 1. The third-order valence-corrected chi connectivity index (χ3v) is 3.13. The Morgan fingerprint density at radius 3 is 2.72 bits per heavy atom. The Hall–Kier alpha value is -1.95. The van der Waals surface area contributed by atoms with Crippen LogP contribution < -0.4 is 11.1 Å². The molecule has 0 aliphatic heterocycles. The smallest absolute Gasteiger partial charge is 0.337 e. The molecule has 0 unspecified atom stereocenters. The Morgan fingerprint density at radius 2 is 2.17 bits per heavy atom. The van der Waals surface area contributed by atoms with Crippen LogP contribution in [0.2, 0.25) is 0 Å². The molecule has 1 aliphatic rings. The van der Waals surface area contributed by atoms with Gasteiger partial charge in [-0.2, -0.15) is 0 Å². The van der Waals surface area contributed by atoms with Crippen LogP contribution >= 0.6 is 0 Å². The first kappa shape index (κ1) is 12.5. The molecule has 0 aromatic carbocycles. The monoisotopic (exact) mass is 249 g/mol. The maximum absolute atomic E-state index is 11.7. The number of aromatic nitrogens is 1. The molecule has 4 N–H and O–H groups in total. The normalized spacial score (nSPS) is 16.7. The predicted molar refractivity (Wildman–Crippen MR) is 65.2 cm³/mol. The summed E-state index contributed by atoms with van der Waals surface area (Å²) in [5, 5.41) is 11.4. The number of hydrogen-bond acceptors (Lipinski definition) is 4. The number of rotatable bonds is 4. The molecule has 1 fully saturated rings. The molecule has 0 spiro atoms. The summed E-state index contributed by atoms with van der Waals surface area (Å²) in [5.74, 6) is -1.28. The lowest BCUT2D eigenvalue weighted by molar-refractivity contribution is -0.118. The molecule has 0 saturated heterocycles. The van der Waals surface area contributed by atoms with Gasteiger partial charge in [-0.1, -0.05) is 0 Å². The fraction of sp³-hybridized carbons (Fsp3) is 0.417. The quantitative estimate of drug-likeness (QED) is 0.738. The molecule has 6 heteroatoms. The van der Waals surface area contributed by atoms with E-state index in [1.807, 2.05) is 0 Å². The van der Waals surface area contributed by atoms with Crippen molar-refractivity contribution in [2.75, 3.05) is 5.32 Å². The molecule has 6 nitrogen and oxygen atoms in total. The Morgan fingerprint density at radius 1 is 1.44 bits per heavy atom. The van der Waals surface area contributed by atoms with Gasteiger partial charge in [0.1, 0.15) is 0 Å². The lowest BCUT2D eigenvalue weighted by atomic mass is 9.75. The molecule has 0 atom stereocenters. The molecular formula is C12H15N3O3. The van der Waals surface area contributed by atoms with Crippen LogP contribution in [0.5, 0.6) is 0 Å². The van der Waals surface area contributed by atoms with Crippen LogP contribution in [0.4, 0.5) is 5.69 Å². The average Bonchev–Trinajstić information content (AvgIpc) is 2.27. The number of pyridine rings is 1. The van der Waals surface area contributed by atoms with Crippen LogP contribution in [0.1, 0.15) is 36.0 Å². The third kappa shape index (κ3) is 2.84. The van der Waals surface area contributed by atoms with Crippen molar-refractivity contribution in [1.82, 2.24) is 4.98 Å². The van der Waals surface area contributed by atoms with E-state index in [9.17, 15) is 9.59 Å². The molecule has 0 radical (unpaired) electrons. The zero-order valence-corrected chi connectivity index (χ0v) is 9.85. The summed E-state index contributed by atoms with van der Waals surface area (Å²) in [7, 11) is 0. The van der Waals surface area contributed by atoms with Crippen molar-refractivity contribution < 1.29 is 14.7 Å². The largest absolute Gasteiger partial charge is 0.478 e. The van der Waals surface area contributed by atoms with E-state index in [1.165, 1.54) is 18.5 Å². The van der Waals surface area contributed by atoms with Gasteiger partial charge in [0.2, 0.25) is 5.91 Å². The van der Waals surface area contributed by atoms with Crippen molar-refractivity contribution in [2.45, 2.75) is 31.2 Å². The molecule has 1 aromatic rings. The number of hydrogen-bond donors (Lipinski definition) is 3. The van der Waals surface area contributed by atoms with E-state index in [-0.39, 0.29) is 23.4 Å². The van der Waals surface area contributed by atoms with Crippen LogP contribution in [0.15, 0.2) is 18.5 Å². The lowest BCUT2D eigenvalue weighted by Crippen LogP contribution is -2.48. The van der Waals surface area contributed by atoms with Crippen molar-refractivity contribution in [2.24, 2.45) is 5.73 Å². The molecule has 18 heavy (non-hydrogen) atoms. The van der Waals surface area contributed by atoms with E-state index in [1.54, 1.807) is 0 Å². The van der Waals surface area contributed by atoms with E-state index >= 15 is 0 Å². The summed E-state index contributed by atoms with van der Waals surface area (Å²) in [6.45, 7) is 0. The molecule has 1 saturated carbocycles. The standard InChI is InChI=1S/C12H15N3O3/c13-12(2-1-3-12)5-10(16)15-9-4-8(11(17)18)6-14-7-9/h4,6-7H,1-3,5,13H2,(H,15,16)(H,17,18). The van der Waals surface area contributed by atoms with Gasteiger partial charge in [0, 0.05) is 18.2 Å². The highest BCUT2D eigenvalue weighted by Crippen LogP contribution is 2.32. The number of amides is 1. The van der Waals surface area contributed by atoms with Crippen LogP contribution in [0.25, 0.3) is 0 Å². The van der Waals surface area contributed by atoms with Gasteiger partial charge in [0.25, 0.3) is 0 Å². The summed E-state index contributed by atoms with van der Waals surface area (Å²) in [5.41, 5.74) is 6.00. The number of nitrogens with two attached hydrogens (primary N) is 1. The number of aromatic carboxylic acids is 1. The van der Waals surface area contributed by atoms with E-state index in [2.05, 4.69) is 10.3 Å². The average molecular weight is 249 g/mol. The number of carboxylic acids is 1. The van der Waals surface area contributed by atoms with Gasteiger partial charge in [-0.05, 0) is 25.3 Å². The van der Waals surface area contributed by atoms with Gasteiger partial charge in [-0.15, -0.1) is 0 Å². The van der Waals surface area contributed by atoms with Gasteiger partial charge < -0.3 is 16.2 Å². The lowest BCUT2D eigenvalue weighted by Gasteiger charge is -2.37. The first-order valence-electron chi connectivity index (χ1n) is 5.76. The molecule has 1 heterocycles. The molecule has 1 amide bonds. The molecule has 1 aliphatic carbocycles. The summed E-state index contributed by atoms with van der Waals surface area (Å²) >= 11 is 0. The summed E-state index contributed by atoms with van der Waals surface area (Å²) in [4.78, 5) is 26.2. The van der Waals surface area contributed by atoms with E-state index in [0.717, 1.165) is 19.3 Å². The van der Waals surface area contributed by atoms with Gasteiger partial charge in [-0.25, -0.2) is 4.79 Å². The maximum atomic E-state index is 11.7. The Labute approximate surface area is 104 Å². The zero-order valence-electron chi connectivity index (χ0n) is 9.85. The second-order valence-corrected chi connectivity index (χ2v) is 4.71. The number of nitrogens with one attached hydrogen (secondary N) is 1. The summed E-state index contributed by atoms with van der Waals surface area (Å²) < 4.78 is 0. The van der Waals surface area contributed by atoms with Crippen LogP contribution in [-0.2, 0) is 4.79 Å². The van der Waals surface area contributed by atoms with Crippen molar-refractivity contribution in [3.63, 3.8) is 0 Å². The molecule has 1 aromatic heterocycles. The zero-order chi connectivity index (χ0) is 13.2. The third-order valence-electron chi connectivity index (χ3n) is 3.13. The highest BCUT2D eigenvalue weighted by molar-refractivity contribution is 5.93. The van der Waals surface area contributed by atoms with E-state index in [4.69, 9.17) is 10.8 Å². The highest BCUT2D eigenvalue weighted by atomic mass is 16.4. The van der Waals surface area contributed by atoms with Gasteiger partial charge in [0.05, 0.1) is 17.4 Å². The van der Waals surface area contributed by atoms with Crippen molar-refractivity contribution in [1.29, 1.82) is 0 Å². The Kier molecular flexibility index (Phi) is 3.29. The minimum absolute atomic E-state index is 0.0407. The van der Waals surface area contributed by atoms with Gasteiger partial charge in [0.15, 0.2) is 0 Å². The minimum Gasteiger partial charge on any atom is -0.478 e. The number of carbonyl (C=O) groups excluding carboxylic acids is 1. The summed E-state index contributed by atoms with van der Waals surface area (Å²) in [6.07, 6.45) is 5.66. The first-order chi connectivity index (χ1) is 8.48.